The molecule has 4 N–H and O–H groups in total. The summed E-state index contributed by atoms with van der Waals surface area (Å²) >= 11 is 0. The predicted octanol–water partition coefficient (Wildman–Crippen LogP) is 10.6. The highest BCUT2D eigenvalue weighted by Crippen LogP contribution is 2.29. The molecule has 0 heterocycles. The first-order valence-corrected chi connectivity index (χ1v) is 18.4. The smallest absolute Gasteiger partial charge is 0.218 e. The minimum Gasteiger partial charge on any atom is -0.361 e. The van der Waals surface area contributed by atoms with E-state index in [2.05, 4.69) is 0 Å². The molecule has 0 unspecified atom stereocenters. The van der Waals surface area contributed by atoms with Crippen LogP contribution in [0.1, 0.15) is 218 Å². The van der Waals surface area contributed by atoms with E-state index in [1.54, 1.807) is 0 Å². The lowest BCUT2D eigenvalue weighted by Gasteiger charge is -2.35. The second-order valence-corrected chi connectivity index (χ2v) is 13.4. The van der Waals surface area contributed by atoms with Crippen molar-refractivity contribution in [2.75, 3.05) is 0 Å². The van der Waals surface area contributed by atoms with Crippen LogP contribution in [0.25, 0.3) is 0 Å². The molecule has 1 fully saturated rings. The first kappa shape index (κ1) is 37.9. The van der Waals surface area contributed by atoms with Crippen LogP contribution in [0.15, 0.2) is 0 Å². The van der Waals surface area contributed by atoms with Gasteiger partial charge in [0.25, 0.3) is 0 Å². The number of hydrogen-bond acceptors (Lipinski definition) is 4. The van der Waals surface area contributed by atoms with E-state index in [-0.39, 0.29) is 12.8 Å². The number of rotatable bonds is 0. The van der Waals surface area contributed by atoms with Crippen LogP contribution in [0.3, 0.4) is 0 Å². The predicted molar refractivity (Wildman–Crippen MR) is 171 cm³/mol. The van der Waals surface area contributed by atoms with Crippen LogP contribution in [0, 0.1) is 0 Å². The van der Waals surface area contributed by atoms with Gasteiger partial charge in [-0.15, -0.1) is 0 Å². The van der Waals surface area contributed by atoms with Crippen LogP contribution in [0.5, 0.6) is 0 Å². The maximum Gasteiger partial charge on any atom is 0.218 e. The van der Waals surface area contributed by atoms with E-state index < -0.39 is 11.6 Å². The van der Waals surface area contributed by atoms with Crippen molar-refractivity contribution in [1.82, 2.24) is 0 Å². The van der Waals surface area contributed by atoms with Crippen molar-refractivity contribution in [2.24, 2.45) is 0 Å². The van der Waals surface area contributed by atoms with Gasteiger partial charge in [-0.25, -0.2) is 0 Å². The van der Waals surface area contributed by atoms with E-state index in [0.717, 1.165) is 25.7 Å². The molecule has 1 aliphatic carbocycles. The molecule has 4 heteroatoms. The van der Waals surface area contributed by atoms with Crippen LogP contribution in [0.4, 0.5) is 0 Å². The largest absolute Gasteiger partial charge is 0.361 e. The van der Waals surface area contributed by atoms with Crippen molar-refractivity contribution in [1.29, 1.82) is 0 Å². The van der Waals surface area contributed by atoms with Gasteiger partial charge in [0, 0.05) is 12.8 Å². The van der Waals surface area contributed by atoms with Crippen LogP contribution in [0.2, 0.25) is 0 Å². The molecule has 0 bridgehead atoms. The van der Waals surface area contributed by atoms with Crippen molar-refractivity contribution in [3.05, 3.63) is 0 Å². The minimum absolute atomic E-state index is 0.0278. The maximum atomic E-state index is 10.3. The average Bonchev–Trinajstić information content (AvgIpc) is 2.92. The zero-order chi connectivity index (χ0) is 29.0. The summed E-state index contributed by atoms with van der Waals surface area (Å²) in [5.74, 6) is -4.83. The molecule has 0 aromatic carbocycles. The van der Waals surface area contributed by atoms with Crippen molar-refractivity contribution < 1.29 is 20.4 Å². The zero-order valence-corrected chi connectivity index (χ0v) is 26.8. The fraction of sp³-hybridized carbons (Fsp3) is 1.00. The van der Waals surface area contributed by atoms with Crippen LogP contribution < -0.4 is 0 Å². The number of aliphatic hydroxyl groups is 4. The highest BCUT2D eigenvalue weighted by atomic mass is 16.6. The molecule has 0 aromatic heterocycles. The second kappa shape index (κ2) is 26.5. The van der Waals surface area contributed by atoms with Crippen molar-refractivity contribution in [3.63, 3.8) is 0 Å². The Bertz CT molecular complexity index is 473. The first-order chi connectivity index (χ1) is 19.5. The number of hydrogen-bond donors (Lipinski definition) is 4. The Morgan fingerprint density at radius 3 is 0.400 bits per heavy atom. The summed E-state index contributed by atoms with van der Waals surface area (Å²) in [6.45, 7) is 0. The standard InChI is InChI=1S/C36H72O4/c37-35(38)33-31-29-27-25-23-21-19-17-15-13-11-9-7-5-3-1-2-4-6-8-10-12-14-16-18-20-22-24-26-28-30-32-34-36(35,39)40/h37-40H,1-34H2. The Balaban J connectivity index is 2.21. The molecule has 40 heavy (non-hydrogen) atoms. The minimum atomic E-state index is -2.41. The molecular formula is C36H72O4. The Hall–Kier alpha value is -0.160. The quantitative estimate of drug-likeness (QED) is 0.219. The molecule has 0 saturated heterocycles. The topological polar surface area (TPSA) is 80.9 Å². The molecule has 0 atom stereocenters. The summed E-state index contributed by atoms with van der Waals surface area (Å²) in [4.78, 5) is 0. The molecule has 1 saturated carbocycles. The highest BCUT2D eigenvalue weighted by Gasteiger charge is 2.45. The molecule has 1 aliphatic rings. The van der Waals surface area contributed by atoms with E-state index in [0.29, 0.717) is 12.8 Å². The Morgan fingerprint density at radius 2 is 0.275 bits per heavy atom. The van der Waals surface area contributed by atoms with E-state index >= 15 is 0 Å². The molecule has 4 nitrogen and oxygen atoms in total. The van der Waals surface area contributed by atoms with Crippen LogP contribution in [-0.4, -0.2) is 32.0 Å². The summed E-state index contributed by atoms with van der Waals surface area (Å²) in [5.41, 5.74) is 0. The molecule has 240 valence electrons. The highest BCUT2D eigenvalue weighted by molar-refractivity contribution is 4.82. The van der Waals surface area contributed by atoms with Gasteiger partial charge in [-0.1, -0.05) is 193 Å². The van der Waals surface area contributed by atoms with E-state index in [1.165, 1.54) is 167 Å². The fourth-order valence-corrected chi connectivity index (χ4v) is 6.45. The molecule has 0 aromatic rings. The third-order valence-corrected chi connectivity index (χ3v) is 9.44. The van der Waals surface area contributed by atoms with Gasteiger partial charge in [-0.3, -0.25) is 0 Å². The maximum absolute atomic E-state index is 10.3. The first-order valence-electron chi connectivity index (χ1n) is 18.4. The Morgan fingerprint density at radius 1 is 0.175 bits per heavy atom. The third-order valence-electron chi connectivity index (χ3n) is 9.44. The van der Waals surface area contributed by atoms with Crippen molar-refractivity contribution in [3.8, 4) is 0 Å². The molecule has 0 amide bonds. The summed E-state index contributed by atoms with van der Waals surface area (Å²) in [6, 6.07) is 0. The van der Waals surface area contributed by atoms with Gasteiger partial charge in [0.2, 0.25) is 11.6 Å². The van der Waals surface area contributed by atoms with Crippen molar-refractivity contribution >= 4 is 0 Å². The molecule has 0 aliphatic heterocycles. The Labute approximate surface area is 250 Å². The second-order valence-electron chi connectivity index (χ2n) is 13.4. The van der Waals surface area contributed by atoms with Gasteiger partial charge in [0.1, 0.15) is 0 Å². The van der Waals surface area contributed by atoms with Gasteiger partial charge >= 0.3 is 0 Å². The van der Waals surface area contributed by atoms with Gasteiger partial charge in [-0.05, 0) is 12.8 Å². The SMILES string of the molecule is OC1(O)CCCCCCCCCCCCCCCCCCCCCCCCCCCCCCCCCCC1(O)O. The average molecular weight is 569 g/mol. The van der Waals surface area contributed by atoms with Gasteiger partial charge in [-0.2, -0.15) is 0 Å². The van der Waals surface area contributed by atoms with Crippen LogP contribution in [-0.2, 0) is 0 Å². The Kier molecular flexibility index (Phi) is 25.1. The molecule has 1 rings (SSSR count). The van der Waals surface area contributed by atoms with E-state index in [1.807, 2.05) is 0 Å². The molecule has 0 spiro atoms. The lowest BCUT2D eigenvalue weighted by Crippen LogP contribution is -2.54. The molecule has 0 radical (unpaired) electrons. The normalized spacial score (nSPS) is 25.5. The third kappa shape index (κ3) is 22.4. The van der Waals surface area contributed by atoms with Crippen LogP contribution >= 0.6 is 0 Å². The van der Waals surface area contributed by atoms with E-state index in [4.69, 9.17) is 0 Å². The molecular weight excluding hydrogens is 496 g/mol. The summed E-state index contributed by atoms with van der Waals surface area (Å²) in [7, 11) is 0. The monoisotopic (exact) mass is 569 g/mol. The van der Waals surface area contributed by atoms with Gasteiger partial charge in [0.05, 0.1) is 0 Å². The lowest BCUT2D eigenvalue weighted by molar-refractivity contribution is -0.361. The van der Waals surface area contributed by atoms with Crippen molar-refractivity contribution in [2.45, 2.75) is 230 Å². The lowest BCUT2D eigenvalue weighted by atomic mass is 9.93. The van der Waals surface area contributed by atoms with Gasteiger partial charge in [0.15, 0.2) is 0 Å². The zero-order valence-electron chi connectivity index (χ0n) is 26.8. The summed E-state index contributed by atoms with van der Waals surface area (Å²) in [5, 5.41) is 41.3. The summed E-state index contributed by atoms with van der Waals surface area (Å²) in [6.07, 6.45) is 41.1. The summed E-state index contributed by atoms with van der Waals surface area (Å²) < 4.78 is 0. The van der Waals surface area contributed by atoms with Gasteiger partial charge < -0.3 is 20.4 Å². The fourth-order valence-electron chi connectivity index (χ4n) is 6.45. The van der Waals surface area contributed by atoms with E-state index in [9.17, 15) is 20.4 Å².